The molecule has 0 spiro atoms. The van der Waals surface area contributed by atoms with Gasteiger partial charge in [-0.3, -0.25) is 4.79 Å². The van der Waals surface area contributed by atoms with Crippen LogP contribution in [0.3, 0.4) is 0 Å². The van der Waals surface area contributed by atoms with Gasteiger partial charge in [-0.1, -0.05) is 11.6 Å². The molecule has 0 aromatic heterocycles. The highest BCUT2D eigenvalue weighted by Gasteiger charge is 2.27. The first-order valence-electron chi connectivity index (χ1n) is 8.71. The van der Waals surface area contributed by atoms with Crippen molar-refractivity contribution in [2.75, 3.05) is 60.1 Å². The molecule has 8 nitrogen and oxygen atoms in total. The van der Waals surface area contributed by atoms with Crippen molar-refractivity contribution < 1.29 is 22.7 Å². The van der Waals surface area contributed by atoms with Crippen molar-refractivity contribution in [2.24, 2.45) is 0 Å². The van der Waals surface area contributed by atoms with Crippen LogP contribution in [-0.2, 0) is 19.6 Å². The summed E-state index contributed by atoms with van der Waals surface area (Å²) < 4.78 is 37.4. The van der Waals surface area contributed by atoms with E-state index >= 15 is 0 Å². The number of nitrogens with one attached hydrogen (secondary N) is 1. The summed E-state index contributed by atoms with van der Waals surface area (Å²) in [4.78, 5) is 14.2. The van der Waals surface area contributed by atoms with Gasteiger partial charge < -0.3 is 19.7 Å². The number of benzene rings is 1. The number of carbonyl (C=O) groups is 1. The zero-order valence-corrected chi connectivity index (χ0v) is 17.2. The van der Waals surface area contributed by atoms with Crippen LogP contribution in [0.25, 0.3) is 0 Å². The highest BCUT2D eigenvalue weighted by Crippen LogP contribution is 2.28. The van der Waals surface area contributed by atoms with Crippen LogP contribution in [0, 0.1) is 0 Å². The molecule has 1 N–H and O–H groups in total. The number of piperazine rings is 1. The van der Waals surface area contributed by atoms with Crippen LogP contribution in [0.2, 0.25) is 5.02 Å². The summed E-state index contributed by atoms with van der Waals surface area (Å²) in [6, 6.07) is 4.31. The molecule has 1 amide bonds. The third kappa shape index (κ3) is 5.79. The van der Waals surface area contributed by atoms with Gasteiger partial charge in [0.25, 0.3) is 0 Å². The second-order valence-corrected chi connectivity index (χ2v) is 8.42. The summed E-state index contributed by atoms with van der Waals surface area (Å²) in [5.74, 6) is 0.342. The molecule has 0 atom stereocenters. The lowest BCUT2D eigenvalue weighted by Gasteiger charge is -2.28. The summed E-state index contributed by atoms with van der Waals surface area (Å²) >= 11 is 6.07. The SMILES string of the molecule is COCCN(CCC(=O)N1CCNCC1)S(=O)(=O)c1ccc(OC)c(Cl)c1. The summed E-state index contributed by atoms with van der Waals surface area (Å²) in [5.41, 5.74) is 0. The standard InChI is InChI=1S/C17H26ClN3O5S/c1-25-12-11-21(8-5-17(22)20-9-6-19-7-10-20)27(23,24)14-3-4-16(26-2)15(18)13-14/h3-4,13,19H,5-12H2,1-2H3. The van der Waals surface area contributed by atoms with Crippen molar-refractivity contribution in [3.05, 3.63) is 23.2 Å². The smallest absolute Gasteiger partial charge is 0.243 e. The number of nitrogens with zero attached hydrogens (tertiary/aromatic N) is 2. The first kappa shape index (κ1) is 21.9. The molecule has 0 saturated carbocycles. The lowest BCUT2D eigenvalue weighted by molar-refractivity contribution is -0.131. The van der Waals surface area contributed by atoms with E-state index < -0.39 is 10.0 Å². The van der Waals surface area contributed by atoms with E-state index in [9.17, 15) is 13.2 Å². The van der Waals surface area contributed by atoms with Gasteiger partial charge >= 0.3 is 0 Å². The number of rotatable bonds is 9. The molecule has 0 radical (unpaired) electrons. The van der Waals surface area contributed by atoms with Crippen molar-refractivity contribution in [1.82, 2.24) is 14.5 Å². The Kier molecular flexibility index (Phi) is 8.30. The maximum atomic E-state index is 13.0. The Morgan fingerprint density at radius 1 is 1.26 bits per heavy atom. The summed E-state index contributed by atoms with van der Waals surface area (Å²) in [6.45, 7) is 3.24. The average Bonchev–Trinajstić information content (AvgIpc) is 2.68. The summed E-state index contributed by atoms with van der Waals surface area (Å²) in [6.07, 6.45) is 0.118. The Hall–Kier alpha value is -1.39. The van der Waals surface area contributed by atoms with Crippen molar-refractivity contribution in [2.45, 2.75) is 11.3 Å². The van der Waals surface area contributed by atoms with Crippen LogP contribution in [0.1, 0.15) is 6.42 Å². The van der Waals surface area contributed by atoms with Crippen molar-refractivity contribution in [3.63, 3.8) is 0 Å². The predicted octanol–water partition coefficient (Wildman–Crippen LogP) is 0.808. The van der Waals surface area contributed by atoms with E-state index in [4.69, 9.17) is 21.1 Å². The Morgan fingerprint density at radius 3 is 2.56 bits per heavy atom. The lowest BCUT2D eigenvalue weighted by Crippen LogP contribution is -2.47. The highest BCUT2D eigenvalue weighted by molar-refractivity contribution is 7.89. The van der Waals surface area contributed by atoms with E-state index in [1.165, 1.54) is 36.7 Å². The molecule has 152 valence electrons. The zero-order chi connectivity index (χ0) is 19.9. The quantitative estimate of drug-likeness (QED) is 0.637. The fourth-order valence-electron chi connectivity index (χ4n) is 2.79. The molecule has 0 unspecified atom stereocenters. The first-order valence-corrected chi connectivity index (χ1v) is 10.5. The molecule has 1 fully saturated rings. The zero-order valence-electron chi connectivity index (χ0n) is 15.6. The van der Waals surface area contributed by atoms with E-state index in [0.29, 0.717) is 18.8 Å². The molecule has 1 aliphatic heterocycles. The fraction of sp³-hybridized carbons (Fsp3) is 0.588. The number of methoxy groups -OCH3 is 2. The van der Waals surface area contributed by atoms with Gasteiger partial charge in [0, 0.05) is 52.8 Å². The number of halogens is 1. The molecule has 27 heavy (non-hydrogen) atoms. The van der Waals surface area contributed by atoms with Gasteiger partial charge in [0.1, 0.15) is 5.75 Å². The molecule has 10 heteroatoms. The van der Waals surface area contributed by atoms with Crippen LogP contribution >= 0.6 is 11.6 Å². The highest BCUT2D eigenvalue weighted by atomic mass is 35.5. The van der Waals surface area contributed by atoms with Crippen LogP contribution in [0.5, 0.6) is 5.75 Å². The van der Waals surface area contributed by atoms with Crippen molar-refractivity contribution >= 4 is 27.5 Å². The van der Waals surface area contributed by atoms with Crippen LogP contribution in [0.4, 0.5) is 0 Å². The molecule has 0 bridgehead atoms. The monoisotopic (exact) mass is 419 g/mol. The van der Waals surface area contributed by atoms with E-state index in [2.05, 4.69) is 5.32 Å². The number of sulfonamides is 1. The molecule has 0 aliphatic carbocycles. The topological polar surface area (TPSA) is 88.2 Å². The minimum absolute atomic E-state index is 0.0538. The minimum atomic E-state index is -3.82. The Morgan fingerprint density at radius 2 is 1.96 bits per heavy atom. The number of hydrogen-bond donors (Lipinski definition) is 1. The second-order valence-electron chi connectivity index (χ2n) is 6.07. The van der Waals surface area contributed by atoms with Crippen LogP contribution in [0.15, 0.2) is 23.1 Å². The fourth-order valence-corrected chi connectivity index (χ4v) is 4.57. The summed E-state index contributed by atoms with van der Waals surface area (Å²) in [5, 5.41) is 3.39. The Balaban J connectivity index is 2.13. The number of ether oxygens (including phenoxy) is 2. The number of hydrogen-bond acceptors (Lipinski definition) is 6. The van der Waals surface area contributed by atoms with Gasteiger partial charge in [-0.25, -0.2) is 8.42 Å². The van der Waals surface area contributed by atoms with Gasteiger partial charge in [0.05, 0.1) is 23.6 Å². The van der Waals surface area contributed by atoms with E-state index in [1.807, 2.05) is 0 Å². The maximum Gasteiger partial charge on any atom is 0.243 e. The molecule has 1 aromatic rings. The first-order chi connectivity index (χ1) is 12.9. The normalized spacial score (nSPS) is 15.2. The Bertz CT molecular complexity index is 738. The van der Waals surface area contributed by atoms with E-state index in [1.54, 1.807) is 4.90 Å². The van der Waals surface area contributed by atoms with Gasteiger partial charge in [-0.05, 0) is 18.2 Å². The third-order valence-electron chi connectivity index (χ3n) is 4.35. The summed E-state index contributed by atoms with van der Waals surface area (Å²) in [7, 11) is -0.856. The molecular weight excluding hydrogens is 394 g/mol. The molecule has 2 rings (SSSR count). The van der Waals surface area contributed by atoms with Crippen LogP contribution in [-0.4, -0.2) is 83.6 Å². The third-order valence-corrected chi connectivity index (χ3v) is 6.54. The number of amides is 1. The van der Waals surface area contributed by atoms with Gasteiger partial charge in [0.2, 0.25) is 15.9 Å². The molecule has 1 heterocycles. The average molecular weight is 420 g/mol. The van der Waals surface area contributed by atoms with Gasteiger partial charge in [0.15, 0.2) is 0 Å². The van der Waals surface area contributed by atoms with Gasteiger partial charge in [-0.15, -0.1) is 0 Å². The van der Waals surface area contributed by atoms with Gasteiger partial charge in [-0.2, -0.15) is 4.31 Å². The van der Waals surface area contributed by atoms with E-state index in [0.717, 1.165) is 13.1 Å². The molecule has 1 aromatic carbocycles. The van der Waals surface area contributed by atoms with E-state index in [-0.39, 0.29) is 41.9 Å². The molecule has 1 saturated heterocycles. The lowest BCUT2D eigenvalue weighted by atomic mass is 10.3. The Labute approximate surface area is 165 Å². The second kappa shape index (κ2) is 10.2. The largest absolute Gasteiger partial charge is 0.495 e. The number of carbonyl (C=O) groups excluding carboxylic acids is 1. The molecule has 1 aliphatic rings. The molecular formula is C17H26ClN3O5S. The minimum Gasteiger partial charge on any atom is -0.495 e. The predicted molar refractivity (Wildman–Crippen MR) is 103 cm³/mol. The van der Waals surface area contributed by atoms with Crippen molar-refractivity contribution in [3.8, 4) is 5.75 Å². The van der Waals surface area contributed by atoms with Crippen molar-refractivity contribution in [1.29, 1.82) is 0 Å². The van der Waals surface area contributed by atoms with Crippen LogP contribution < -0.4 is 10.1 Å². The maximum absolute atomic E-state index is 13.0.